The van der Waals surface area contributed by atoms with Crippen LogP contribution in [-0.4, -0.2) is 0 Å². The predicted octanol–water partition coefficient (Wildman–Crippen LogP) is 4.68. The van der Waals surface area contributed by atoms with Crippen molar-refractivity contribution in [1.82, 2.24) is 0 Å². The van der Waals surface area contributed by atoms with Crippen LogP contribution in [0.5, 0.6) is 0 Å². The Hall–Kier alpha value is -2.25. The third kappa shape index (κ3) is 3.81. The van der Waals surface area contributed by atoms with Gasteiger partial charge in [0.1, 0.15) is 0 Å². The van der Waals surface area contributed by atoms with Crippen LogP contribution >= 0.6 is 0 Å². The van der Waals surface area contributed by atoms with Gasteiger partial charge >= 0.3 is 180 Å². The number of benzene rings is 4. The summed E-state index contributed by atoms with van der Waals surface area (Å²) in [5.74, 6) is 0. The summed E-state index contributed by atoms with van der Waals surface area (Å²) in [4.78, 5) is 0. The van der Waals surface area contributed by atoms with Gasteiger partial charge in [-0.25, -0.2) is 0 Å². The van der Waals surface area contributed by atoms with Gasteiger partial charge in [-0.15, -0.1) is 0 Å². The summed E-state index contributed by atoms with van der Waals surface area (Å²) in [7, 11) is 0. The van der Waals surface area contributed by atoms with Crippen molar-refractivity contribution >= 4 is 13.3 Å². The van der Waals surface area contributed by atoms with Crippen molar-refractivity contribution in [2.24, 2.45) is 0 Å². The summed E-state index contributed by atoms with van der Waals surface area (Å²) in [5, 5.41) is 0. The van der Waals surface area contributed by atoms with Crippen LogP contribution in [0.4, 0.5) is 0 Å². The molecule has 0 atom stereocenters. The molecular formula is C28H28Hf. The van der Waals surface area contributed by atoms with Gasteiger partial charge in [-0.05, 0) is 0 Å². The minimum atomic E-state index is -3.61. The van der Waals surface area contributed by atoms with Crippen LogP contribution in [0.25, 0.3) is 0 Å². The molecular weight excluding hydrogens is 515 g/mol. The van der Waals surface area contributed by atoms with E-state index in [0.717, 1.165) is 0 Å². The molecule has 0 aliphatic carbocycles. The monoisotopic (exact) mass is 544 g/mol. The summed E-state index contributed by atoms with van der Waals surface area (Å²) < 4.78 is 6.05. The van der Waals surface area contributed by atoms with Crippen LogP contribution in [-0.2, 0) is 20.0 Å². The average Bonchev–Trinajstić information content (AvgIpc) is 2.73. The molecule has 29 heavy (non-hydrogen) atoms. The van der Waals surface area contributed by atoms with E-state index in [0.29, 0.717) is 0 Å². The minimum absolute atomic E-state index is 1.31. The molecule has 0 radical (unpaired) electrons. The Bertz CT molecular complexity index is 900. The van der Waals surface area contributed by atoms with Crippen molar-refractivity contribution in [2.75, 3.05) is 0 Å². The van der Waals surface area contributed by atoms with E-state index < -0.39 is 20.0 Å². The Morgan fingerprint density at radius 1 is 0.310 bits per heavy atom. The molecule has 0 bridgehead atoms. The van der Waals surface area contributed by atoms with Crippen molar-refractivity contribution in [1.29, 1.82) is 0 Å². The molecule has 0 aliphatic rings. The maximum absolute atomic E-state index is 3.61. The summed E-state index contributed by atoms with van der Waals surface area (Å²) >= 11 is -3.61. The van der Waals surface area contributed by atoms with E-state index in [1.807, 2.05) is 0 Å². The van der Waals surface area contributed by atoms with Crippen molar-refractivity contribution in [3.05, 3.63) is 119 Å². The number of aryl methyl sites for hydroxylation is 4. The van der Waals surface area contributed by atoms with E-state index >= 15 is 0 Å². The third-order valence-corrected chi connectivity index (χ3v) is 23.2. The Morgan fingerprint density at radius 3 is 0.655 bits per heavy atom. The fourth-order valence-electron chi connectivity index (χ4n) is 4.21. The number of rotatable bonds is 4. The van der Waals surface area contributed by atoms with Crippen LogP contribution in [0.3, 0.4) is 0 Å². The second-order valence-corrected chi connectivity index (χ2v) is 21.9. The number of hydrogen-bond donors (Lipinski definition) is 0. The van der Waals surface area contributed by atoms with Gasteiger partial charge in [0.15, 0.2) is 0 Å². The predicted molar refractivity (Wildman–Crippen MR) is 123 cm³/mol. The summed E-state index contributed by atoms with van der Waals surface area (Å²) in [6, 6.07) is 37.3. The molecule has 0 aliphatic heterocycles. The Balaban J connectivity index is 2.11. The molecule has 0 heterocycles. The first-order valence-electron chi connectivity index (χ1n) is 10.3. The molecule has 4 rings (SSSR count). The quantitative estimate of drug-likeness (QED) is 0.329. The maximum atomic E-state index is 2.39. The van der Waals surface area contributed by atoms with E-state index in [2.05, 4.69) is 125 Å². The SMILES string of the molecule is Cc1cc[c]([Hf]([c]2ccc(C)cc2)([c]2ccc(C)cc2)[c]2ccc(C)cc2)cc1. The first-order valence-corrected chi connectivity index (χ1v) is 17.5. The zero-order valence-electron chi connectivity index (χ0n) is 17.7. The van der Waals surface area contributed by atoms with Crippen molar-refractivity contribution < 1.29 is 20.0 Å². The molecule has 0 spiro atoms. The van der Waals surface area contributed by atoms with Crippen molar-refractivity contribution in [3.63, 3.8) is 0 Å². The molecule has 0 saturated carbocycles. The third-order valence-electron chi connectivity index (χ3n) is 5.94. The van der Waals surface area contributed by atoms with Crippen LogP contribution in [0.15, 0.2) is 97.1 Å². The Morgan fingerprint density at radius 2 is 0.483 bits per heavy atom. The molecule has 144 valence electrons. The first kappa shape index (κ1) is 20.0. The summed E-state index contributed by atoms with van der Waals surface area (Å²) in [6.07, 6.45) is 0. The summed E-state index contributed by atoms with van der Waals surface area (Å²) in [5.41, 5.74) is 5.25. The molecule has 1 heteroatoms. The molecule has 4 aromatic rings. The first-order chi connectivity index (χ1) is 14.0. The van der Waals surface area contributed by atoms with E-state index in [4.69, 9.17) is 0 Å². The van der Waals surface area contributed by atoms with Gasteiger partial charge in [0, 0.05) is 0 Å². The molecule has 0 saturated heterocycles. The van der Waals surface area contributed by atoms with Gasteiger partial charge in [-0.3, -0.25) is 0 Å². The van der Waals surface area contributed by atoms with E-state index in [-0.39, 0.29) is 0 Å². The van der Waals surface area contributed by atoms with Crippen LogP contribution < -0.4 is 13.3 Å². The molecule has 0 unspecified atom stereocenters. The average molecular weight is 543 g/mol. The van der Waals surface area contributed by atoms with Gasteiger partial charge < -0.3 is 0 Å². The van der Waals surface area contributed by atoms with Crippen LogP contribution in [0.1, 0.15) is 22.3 Å². The molecule has 0 fully saturated rings. The summed E-state index contributed by atoms with van der Waals surface area (Å²) in [6.45, 7) is 8.69. The normalized spacial score (nSPS) is 11.4. The molecule has 0 aromatic heterocycles. The van der Waals surface area contributed by atoms with E-state index in [1.165, 1.54) is 35.5 Å². The zero-order valence-corrected chi connectivity index (χ0v) is 21.3. The van der Waals surface area contributed by atoms with E-state index in [9.17, 15) is 0 Å². The second kappa shape index (κ2) is 8.24. The van der Waals surface area contributed by atoms with Gasteiger partial charge in [0.2, 0.25) is 0 Å². The number of hydrogen-bond acceptors (Lipinski definition) is 0. The van der Waals surface area contributed by atoms with Crippen LogP contribution in [0, 0.1) is 27.7 Å². The molecule has 0 nitrogen and oxygen atoms in total. The fourth-order valence-corrected chi connectivity index (χ4v) is 21.0. The zero-order chi connectivity index (χ0) is 20.4. The Labute approximate surface area is 179 Å². The standard InChI is InChI=1S/4C7H7.Hf/c4*1-7-5-3-2-4-6-7;/h4*3-6H,1H3;. The Kier molecular flexibility index (Phi) is 5.69. The molecule has 0 amide bonds. The fraction of sp³-hybridized carbons (Fsp3) is 0.143. The van der Waals surface area contributed by atoms with Gasteiger partial charge in [-0.2, -0.15) is 0 Å². The van der Waals surface area contributed by atoms with Gasteiger partial charge in [0.05, 0.1) is 0 Å². The van der Waals surface area contributed by atoms with Crippen molar-refractivity contribution in [2.45, 2.75) is 27.7 Å². The van der Waals surface area contributed by atoms with Crippen molar-refractivity contribution in [3.8, 4) is 0 Å². The molecule has 0 N–H and O–H groups in total. The second-order valence-electron chi connectivity index (χ2n) is 8.21. The van der Waals surface area contributed by atoms with Gasteiger partial charge in [-0.1, -0.05) is 0 Å². The van der Waals surface area contributed by atoms with E-state index in [1.54, 1.807) is 0 Å². The molecule has 4 aromatic carbocycles. The topological polar surface area (TPSA) is 0 Å². The van der Waals surface area contributed by atoms with Crippen LogP contribution in [0.2, 0.25) is 0 Å². The van der Waals surface area contributed by atoms with Gasteiger partial charge in [0.25, 0.3) is 0 Å².